The first-order valence-electron chi connectivity index (χ1n) is 6.11. The summed E-state index contributed by atoms with van der Waals surface area (Å²) in [6, 6.07) is 9.39. The van der Waals surface area contributed by atoms with Gasteiger partial charge >= 0.3 is 11.9 Å². The maximum Gasteiger partial charge on any atom is 0.388 e. The Morgan fingerprint density at radius 2 is 1.91 bits per heavy atom. The predicted octanol–water partition coefficient (Wildman–Crippen LogP) is 0.697. The number of ether oxygens (including phenoxy) is 1. The molecule has 0 saturated carbocycles. The summed E-state index contributed by atoms with van der Waals surface area (Å²) in [5, 5.41) is 28.3. The van der Waals surface area contributed by atoms with Crippen LogP contribution in [0, 0.1) is 0 Å². The van der Waals surface area contributed by atoms with Gasteiger partial charge in [0.25, 0.3) is 0 Å². The summed E-state index contributed by atoms with van der Waals surface area (Å²) in [7, 11) is 0. The van der Waals surface area contributed by atoms with Gasteiger partial charge in [-0.25, -0.2) is 4.79 Å². The van der Waals surface area contributed by atoms with Gasteiger partial charge in [0, 0.05) is 12.1 Å². The summed E-state index contributed by atoms with van der Waals surface area (Å²) in [5.41, 5.74) is -0.207. The molecule has 0 aliphatic carbocycles. The zero-order valence-corrected chi connectivity index (χ0v) is 11.2. The molecule has 0 aliphatic heterocycles. The van der Waals surface area contributed by atoms with Gasteiger partial charge in [0.1, 0.15) is 6.26 Å². The number of esters is 1. The van der Waals surface area contributed by atoms with Crippen molar-refractivity contribution in [1.29, 1.82) is 0 Å². The Hall–Kier alpha value is -2.90. The lowest BCUT2D eigenvalue weighted by Crippen LogP contribution is -2.32. The number of aliphatic hydroxyl groups is 2. The van der Waals surface area contributed by atoms with E-state index in [1.165, 1.54) is 6.08 Å². The van der Waals surface area contributed by atoms with Gasteiger partial charge in [0.05, 0.1) is 0 Å². The lowest BCUT2D eigenvalue weighted by molar-refractivity contribution is -0.337. The summed E-state index contributed by atoms with van der Waals surface area (Å²) in [6.07, 6.45) is 2.99. The van der Waals surface area contributed by atoms with Gasteiger partial charge in [-0.3, -0.25) is 4.79 Å². The Labute approximate surface area is 124 Å². The second kappa shape index (κ2) is 6.25. The first kappa shape index (κ1) is 15.5. The van der Waals surface area contributed by atoms with Gasteiger partial charge in [-0.2, -0.15) is 0 Å². The van der Waals surface area contributed by atoms with Crippen molar-refractivity contribution < 1.29 is 29.3 Å². The predicted molar refractivity (Wildman–Crippen MR) is 74.3 cm³/mol. The zero-order valence-electron chi connectivity index (χ0n) is 11.2. The SMILES string of the molecule is O=C(C=Cc1ccccc1)OC(O)(O)c1cc(=O)c(O)co1. The molecule has 1 heterocycles. The van der Waals surface area contributed by atoms with E-state index in [-0.39, 0.29) is 0 Å². The van der Waals surface area contributed by atoms with Gasteiger partial charge in [0.2, 0.25) is 11.2 Å². The molecule has 0 spiro atoms. The molecule has 2 rings (SSSR count). The standard InChI is InChI=1S/C15H12O7/c16-11-8-13(21-9-12(11)17)15(19,20)22-14(18)7-6-10-4-2-1-3-5-10/h1-9,17,19-20H. The van der Waals surface area contributed by atoms with Crippen LogP contribution in [0.4, 0.5) is 0 Å². The van der Waals surface area contributed by atoms with Gasteiger partial charge in [-0.05, 0) is 11.6 Å². The number of carbonyl (C=O) groups excluding carboxylic acids is 1. The van der Waals surface area contributed by atoms with Gasteiger partial charge < -0.3 is 24.5 Å². The largest absolute Gasteiger partial charge is 0.502 e. The van der Waals surface area contributed by atoms with Crippen molar-refractivity contribution in [1.82, 2.24) is 0 Å². The van der Waals surface area contributed by atoms with Crippen LogP contribution in [0.1, 0.15) is 11.3 Å². The molecule has 7 nitrogen and oxygen atoms in total. The molecule has 1 aromatic carbocycles. The molecule has 0 fully saturated rings. The van der Waals surface area contributed by atoms with E-state index < -0.39 is 28.9 Å². The normalized spacial score (nSPS) is 11.5. The first-order valence-corrected chi connectivity index (χ1v) is 6.11. The average Bonchev–Trinajstić information content (AvgIpc) is 2.48. The number of carbonyl (C=O) groups is 1. The molecule has 0 radical (unpaired) electrons. The molecule has 0 atom stereocenters. The van der Waals surface area contributed by atoms with Crippen LogP contribution in [0.25, 0.3) is 6.08 Å². The van der Waals surface area contributed by atoms with Gasteiger partial charge in [0.15, 0.2) is 5.75 Å². The number of rotatable bonds is 4. The molecule has 114 valence electrons. The molecule has 1 aromatic heterocycles. The Morgan fingerprint density at radius 3 is 2.55 bits per heavy atom. The fourth-order valence-corrected chi connectivity index (χ4v) is 1.53. The lowest BCUT2D eigenvalue weighted by Gasteiger charge is -2.18. The zero-order chi connectivity index (χ0) is 16.2. The Morgan fingerprint density at radius 1 is 1.23 bits per heavy atom. The van der Waals surface area contributed by atoms with E-state index in [2.05, 4.69) is 9.15 Å². The highest BCUT2D eigenvalue weighted by molar-refractivity contribution is 5.87. The minimum atomic E-state index is -3.13. The van der Waals surface area contributed by atoms with E-state index in [9.17, 15) is 19.8 Å². The van der Waals surface area contributed by atoms with E-state index in [0.717, 1.165) is 6.08 Å². The first-order chi connectivity index (χ1) is 10.4. The van der Waals surface area contributed by atoms with E-state index in [1.807, 2.05) is 0 Å². The highest BCUT2D eigenvalue weighted by Gasteiger charge is 2.34. The van der Waals surface area contributed by atoms with Crippen LogP contribution in [0.2, 0.25) is 0 Å². The monoisotopic (exact) mass is 304 g/mol. The molecule has 22 heavy (non-hydrogen) atoms. The maximum absolute atomic E-state index is 11.6. The highest BCUT2D eigenvalue weighted by atomic mass is 16.8. The molecule has 0 aliphatic rings. The fraction of sp³-hybridized carbons (Fsp3) is 0.0667. The summed E-state index contributed by atoms with van der Waals surface area (Å²) in [5.74, 6) is -5.65. The molecule has 7 heteroatoms. The van der Waals surface area contributed by atoms with Crippen molar-refractivity contribution in [2.24, 2.45) is 0 Å². The minimum absolute atomic E-state index is 0.601. The molecule has 0 bridgehead atoms. The third-order valence-electron chi connectivity index (χ3n) is 2.59. The quantitative estimate of drug-likeness (QED) is 0.432. The van der Waals surface area contributed by atoms with Crippen molar-refractivity contribution in [3.63, 3.8) is 0 Å². The molecule has 0 amide bonds. The third-order valence-corrected chi connectivity index (χ3v) is 2.59. The van der Waals surface area contributed by atoms with E-state index >= 15 is 0 Å². The summed E-state index contributed by atoms with van der Waals surface area (Å²) in [6.45, 7) is 0. The molecule has 3 N–H and O–H groups in total. The third kappa shape index (κ3) is 3.81. The summed E-state index contributed by atoms with van der Waals surface area (Å²) < 4.78 is 9.03. The minimum Gasteiger partial charge on any atom is -0.502 e. The number of benzene rings is 1. The van der Waals surface area contributed by atoms with Crippen LogP contribution >= 0.6 is 0 Å². The van der Waals surface area contributed by atoms with Crippen LogP contribution < -0.4 is 5.43 Å². The van der Waals surface area contributed by atoms with Gasteiger partial charge in [-0.15, -0.1) is 0 Å². The van der Waals surface area contributed by atoms with E-state index in [4.69, 9.17) is 5.11 Å². The van der Waals surface area contributed by atoms with Crippen LogP contribution in [0.3, 0.4) is 0 Å². The van der Waals surface area contributed by atoms with E-state index in [0.29, 0.717) is 17.9 Å². The smallest absolute Gasteiger partial charge is 0.388 e. The van der Waals surface area contributed by atoms with Crippen LogP contribution in [-0.4, -0.2) is 21.3 Å². The lowest BCUT2D eigenvalue weighted by atomic mass is 10.2. The highest BCUT2D eigenvalue weighted by Crippen LogP contribution is 2.20. The van der Waals surface area contributed by atoms with Gasteiger partial charge in [-0.1, -0.05) is 30.3 Å². The second-order valence-electron chi connectivity index (χ2n) is 4.27. The van der Waals surface area contributed by atoms with Crippen molar-refractivity contribution >= 4 is 12.0 Å². The number of hydrogen-bond donors (Lipinski definition) is 3. The Kier molecular flexibility index (Phi) is 4.40. The van der Waals surface area contributed by atoms with Crippen molar-refractivity contribution in [2.75, 3.05) is 0 Å². The summed E-state index contributed by atoms with van der Waals surface area (Å²) in [4.78, 5) is 22.8. The Balaban J connectivity index is 2.10. The van der Waals surface area contributed by atoms with Crippen molar-refractivity contribution in [3.8, 4) is 5.75 Å². The Bertz CT molecular complexity index is 744. The number of hydrogen-bond acceptors (Lipinski definition) is 7. The number of aromatic hydroxyl groups is 1. The van der Waals surface area contributed by atoms with Crippen molar-refractivity contribution in [2.45, 2.75) is 5.97 Å². The van der Waals surface area contributed by atoms with Crippen molar-refractivity contribution in [3.05, 3.63) is 70.3 Å². The maximum atomic E-state index is 11.6. The molecular formula is C15H12O7. The second-order valence-corrected chi connectivity index (χ2v) is 4.27. The summed E-state index contributed by atoms with van der Waals surface area (Å²) >= 11 is 0. The molecule has 0 saturated heterocycles. The average molecular weight is 304 g/mol. The topological polar surface area (TPSA) is 117 Å². The molecule has 0 unspecified atom stereocenters. The fourth-order valence-electron chi connectivity index (χ4n) is 1.53. The molecular weight excluding hydrogens is 292 g/mol. The van der Waals surface area contributed by atoms with Crippen LogP contribution in [-0.2, 0) is 15.5 Å². The molecule has 2 aromatic rings. The van der Waals surface area contributed by atoms with Crippen LogP contribution in [0.5, 0.6) is 5.75 Å². The van der Waals surface area contributed by atoms with E-state index in [1.54, 1.807) is 30.3 Å². The van der Waals surface area contributed by atoms with Crippen LogP contribution in [0.15, 0.2) is 57.9 Å².